The molecule has 0 aromatic heterocycles. The number of hydrogen-bond acceptors (Lipinski definition) is 2. The topological polar surface area (TPSA) is 23.5 Å². The molecule has 1 N–H and O–H groups in total. The van der Waals surface area contributed by atoms with Crippen molar-refractivity contribution < 1.29 is 9.50 Å². The second-order valence-corrected chi connectivity index (χ2v) is 7.33. The van der Waals surface area contributed by atoms with Crippen LogP contribution >= 0.6 is 0 Å². The molecule has 2 nitrogen and oxygen atoms in total. The highest BCUT2D eigenvalue weighted by atomic mass is 19.1. The highest BCUT2D eigenvalue weighted by Crippen LogP contribution is 2.37. The van der Waals surface area contributed by atoms with Crippen molar-refractivity contribution in [3.63, 3.8) is 0 Å². The summed E-state index contributed by atoms with van der Waals surface area (Å²) >= 11 is 0. The molecule has 1 heterocycles. The van der Waals surface area contributed by atoms with Crippen LogP contribution in [-0.2, 0) is 0 Å². The summed E-state index contributed by atoms with van der Waals surface area (Å²) in [4.78, 5) is 2.25. The summed E-state index contributed by atoms with van der Waals surface area (Å²) in [6.07, 6.45) is 2.69. The summed E-state index contributed by atoms with van der Waals surface area (Å²) in [7, 11) is 0. The molecule has 1 aliphatic rings. The van der Waals surface area contributed by atoms with E-state index in [-0.39, 0.29) is 5.82 Å². The summed E-state index contributed by atoms with van der Waals surface area (Å²) in [5.74, 6) is 0.394. The minimum absolute atomic E-state index is 0.306. The zero-order chi connectivity index (χ0) is 15.6. The molecule has 1 fully saturated rings. The van der Waals surface area contributed by atoms with Crippen molar-refractivity contribution in [2.24, 2.45) is 11.3 Å². The number of hydrogen-bond donors (Lipinski definition) is 1. The van der Waals surface area contributed by atoms with Crippen LogP contribution in [0, 0.1) is 17.2 Å². The molecule has 2 atom stereocenters. The lowest BCUT2D eigenvalue weighted by Gasteiger charge is -2.30. The number of aliphatic hydroxyl groups is 1. The Morgan fingerprint density at radius 2 is 1.95 bits per heavy atom. The Morgan fingerprint density at radius 3 is 2.57 bits per heavy atom. The number of benzene rings is 1. The van der Waals surface area contributed by atoms with Crippen LogP contribution in [-0.4, -0.2) is 18.2 Å². The molecule has 0 amide bonds. The number of halogens is 1. The van der Waals surface area contributed by atoms with Crippen molar-refractivity contribution in [3.05, 3.63) is 29.6 Å². The SMILES string of the molecule is C[C@@H](O)c1c(F)cccc1N1CCCC(C(C)(C)C)CC1. The van der Waals surface area contributed by atoms with Gasteiger partial charge in [-0.15, -0.1) is 0 Å². The fourth-order valence-electron chi connectivity index (χ4n) is 3.42. The van der Waals surface area contributed by atoms with Crippen LogP contribution in [0.5, 0.6) is 0 Å². The van der Waals surface area contributed by atoms with Crippen LogP contribution in [0.3, 0.4) is 0 Å². The van der Waals surface area contributed by atoms with Gasteiger partial charge in [0.25, 0.3) is 0 Å². The van der Waals surface area contributed by atoms with Gasteiger partial charge in [-0.25, -0.2) is 4.39 Å². The lowest BCUT2D eigenvalue weighted by atomic mass is 9.77. The van der Waals surface area contributed by atoms with E-state index in [0.717, 1.165) is 31.6 Å². The monoisotopic (exact) mass is 293 g/mol. The van der Waals surface area contributed by atoms with Crippen LogP contribution in [0.25, 0.3) is 0 Å². The van der Waals surface area contributed by atoms with Crippen LogP contribution in [0.15, 0.2) is 18.2 Å². The highest BCUT2D eigenvalue weighted by molar-refractivity contribution is 5.55. The largest absolute Gasteiger partial charge is 0.389 e. The quantitative estimate of drug-likeness (QED) is 0.866. The second-order valence-electron chi connectivity index (χ2n) is 7.33. The smallest absolute Gasteiger partial charge is 0.131 e. The first kappa shape index (κ1) is 16.3. The lowest BCUT2D eigenvalue weighted by Crippen LogP contribution is -2.27. The van der Waals surface area contributed by atoms with Crippen molar-refractivity contribution in [2.75, 3.05) is 18.0 Å². The van der Waals surface area contributed by atoms with E-state index in [9.17, 15) is 9.50 Å². The molecule has 0 radical (unpaired) electrons. The van der Waals surface area contributed by atoms with Crippen molar-refractivity contribution in [1.82, 2.24) is 0 Å². The molecule has 1 aromatic rings. The second kappa shape index (κ2) is 6.35. The van der Waals surface area contributed by atoms with E-state index in [4.69, 9.17) is 0 Å². The zero-order valence-corrected chi connectivity index (χ0v) is 13.7. The number of anilines is 1. The van der Waals surface area contributed by atoms with Crippen molar-refractivity contribution in [1.29, 1.82) is 0 Å². The molecule has 21 heavy (non-hydrogen) atoms. The third-order valence-electron chi connectivity index (χ3n) is 4.74. The fourth-order valence-corrected chi connectivity index (χ4v) is 3.42. The van der Waals surface area contributed by atoms with E-state index in [1.807, 2.05) is 6.07 Å². The molecule has 1 aromatic carbocycles. The molecule has 0 spiro atoms. The Hall–Kier alpha value is -1.09. The minimum Gasteiger partial charge on any atom is -0.389 e. The summed E-state index contributed by atoms with van der Waals surface area (Å²) in [5, 5.41) is 9.90. The van der Waals surface area contributed by atoms with Crippen LogP contribution < -0.4 is 4.90 Å². The first-order chi connectivity index (χ1) is 9.80. The van der Waals surface area contributed by atoms with Gasteiger partial charge in [-0.3, -0.25) is 0 Å². The van der Waals surface area contributed by atoms with E-state index in [1.54, 1.807) is 13.0 Å². The Balaban J connectivity index is 2.22. The molecule has 2 rings (SSSR count). The van der Waals surface area contributed by atoms with E-state index < -0.39 is 6.10 Å². The predicted octanol–water partition coefficient (Wildman–Crippen LogP) is 4.53. The lowest BCUT2D eigenvalue weighted by molar-refractivity contribution is 0.194. The van der Waals surface area contributed by atoms with Gasteiger partial charge in [0.2, 0.25) is 0 Å². The standard InChI is InChI=1S/C18H28FNO/c1-13(21)17-15(19)8-5-9-16(17)20-11-6-7-14(10-12-20)18(2,3)4/h5,8-9,13-14,21H,6-7,10-12H2,1-4H3/t13-,14?/m1/s1. The summed E-state index contributed by atoms with van der Waals surface area (Å²) in [6.45, 7) is 10.4. The maximum absolute atomic E-state index is 14.0. The first-order valence-electron chi connectivity index (χ1n) is 8.02. The van der Waals surface area contributed by atoms with Crippen LogP contribution in [0.1, 0.15) is 58.6 Å². The molecular weight excluding hydrogens is 265 g/mol. The highest BCUT2D eigenvalue weighted by Gasteiger charge is 2.28. The summed E-state index contributed by atoms with van der Waals surface area (Å²) < 4.78 is 14.0. The van der Waals surface area contributed by atoms with Gasteiger partial charge in [0.15, 0.2) is 0 Å². The van der Waals surface area contributed by atoms with Gasteiger partial charge in [-0.2, -0.15) is 0 Å². The average Bonchev–Trinajstić information content (AvgIpc) is 2.63. The maximum atomic E-state index is 14.0. The molecule has 0 saturated carbocycles. The van der Waals surface area contributed by atoms with Gasteiger partial charge in [-0.05, 0) is 49.7 Å². The first-order valence-corrected chi connectivity index (χ1v) is 8.02. The number of rotatable bonds is 2. The van der Waals surface area contributed by atoms with Crippen LogP contribution in [0.4, 0.5) is 10.1 Å². The molecule has 118 valence electrons. The zero-order valence-electron chi connectivity index (χ0n) is 13.7. The summed E-state index contributed by atoms with van der Waals surface area (Å²) in [5.41, 5.74) is 1.62. The molecule has 1 saturated heterocycles. The van der Waals surface area contributed by atoms with E-state index >= 15 is 0 Å². The molecular formula is C18H28FNO. The van der Waals surface area contributed by atoms with Gasteiger partial charge in [-0.1, -0.05) is 26.8 Å². The van der Waals surface area contributed by atoms with Gasteiger partial charge >= 0.3 is 0 Å². The molecule has 0 aliphatic carbocycles. The van der Waals surface area contributed by atoms with E-state index in [1.165, 1.54) is 12.5 Å². The van der Waals surface area contributed by atoms with Crippen molar-refractivity contribution in [3.8, 4) is 0 Å². The van der Waals surface area contributed by atoms with Gasteiger partial charge in [0.1, 0.15) is 5.82 Å². The molecule has 3 heteroatoms. The summed E-state index contributed by atoms with van der Waals surface area (Å²) in [6, 6.07) is 5.10. The Morgan fingerprint density at radius 1 is 1.24 bits per heavy atom. The number of aliphatic hydroxyl groups excluding tert-OH is 1. The van der Waals surface area contributed by atoms with Gasteiger partial charge in [0, 0.05) is 24.3 Å². The van der Waals surface area contributed by atoms with Crippen molar-refractivity contribution >= 4 is 5.69 Å². The normalized spacial score (nSPS) is 22.0. The average molecular weight is 293 g/mol. The van der Waals surface area contributed by atoms with E-state index in [2.05, 4.69) is 25.7 Å². The molecule has 1 unspecified atom stereocenters. The van der Waals surface area contributed by atoms with Gasteiger partial charge < -0.3 is 10.0 Å². The number of nitrogens with zero attached hydrogens (tertiary/aromatic N) is 1. The Kier molecular flexibility index (Phi) is 4.92. The van der Waals surface area contributed by atoms with Crippen molar-refractivity contribution in [2.45, 2.75) is 53.1 Å². The third-order valence-corrected chi connectivity index (χ3v) is 4.74. The van der Waals surface area contributed by atoms with Crippen LogP contribution in [0.2, 0.25) is 0 Å². The maximum Gasteiger partial charge on any atom is 0.131 e. The fraction of sp³-hybridized carbons (Fsp3) is 0.667. The van der Waals surface area contributed by atoms with E-state index in [0.29, 0.717) is 16.9 Å². The minimum atomic E-state index is -0.775. The third kappa shape index (κ3) is 3.76. The Bertz CT molecular complexity index is 479. The van der Waals surface area contributed by atoms with Gasteiger partial charge in [0.05, 0.1) is 6.10 Å². The molecule has 1 aliphatic heterocycles. The Labute approximate surface area is 128 Å². The molecule has 0 bridgehead atoms. The predicted molar refractivity (Wildman–Crippen MR) is 86.0 cm³/mol.